The average Bonchev–Trinajstić information content (AvgIpc) is 2.75. The van der Waals surface area contributed by atoms with E-state index in [2.05, 4.69) is 22.5 Å². The van der Waals surface area contributed by atoms with Crippen LogP contribution in [0, 0.1) is 0 Å². The largest absolute Gasteiger partial charge is 0.354 e. The number of urea groups is 1. The fourth-order valence-electron chi connectivity index (χ4n) is 2.48. The van der Waals surface area contributed by atoms with Crippen LogP contribution in [0.4, 0.5) is 4.79 Å². The molecular formula is C14H23N5O2. The second-order valence-corrected chi connectivity index (χ2v) is 5.27. The van der Waals surface area contributed by atoms with Crippen molar-refractivity contribution in [1.29, 1.82) is 0 Å². The first-order valence-corrected chi connectivity index (χ1v) is 7.41. The normalized spacial score (nSPS) is 17.0. The van der Waals surface area contributed by atoms with Gasteiger partial charge in [-0.15, -0.1) is 0 Å². The summed E-state index contributed by atoms with van der Waals surface area (Å²) < 4.78 is 1.92. The molecule has 2 heterocycles. The molecular weight excluding hydrogens is 270 g/mol. The lowest BCUT2D eigenvalue weighted by atomic mass is 10.1. The molecule has 1 fully saturated rings. The van der Waals surface area contributed by atoms with Crippen LogP contribution in [0.3, 0.4) is 0 Å². The van der Waals surface area contributed by atoms with Gasteiger partial charge in [0.15, 0.2) is 0 Å². The van der Waals surface area contributed by atoms with Gasteiger partial charge in [-0.1, -0.05) is 13.3 Å². The zero-order valence-electron chi connectivity index (χ0n) is 12.6. The first-order valence-electron chi connectivity index (χ1n) is 7.41. The van der Waals surface area contributed by atoms with Crippen LogP contribution >= 0.6 is 0 Å². The summed E-state index contributed by atoms with van der Waals surface area (Å²) in [5.41, 5.74) is 0. The first-order chi connectivity index (χ1) is 10.1. The highest BCUT2D eigenvalue weighted by Gasteiger charge is 2.23. The molecule has 1 aliphatic heterocycles. The molecule has 1 aromatic rings. The van der Waals surface area contributed by atoms with E-state index in [1.165, 1.54) is 0 Å². The highest BCUT2D eigenvalue weighted by molar-refractivity contribution is 5.79. The highest BCUT2D eigenvalue weighted by Crippen LogP contribution is 2.16. The summed E-state index contributed by atoms with van der Waals surface area (Å²) in [4.78, 5) is 29.7. The molecule has 0 radical (unpaired) electrons. The van der Waals surface area contributed by atoms with Gasteiger partial charge in [-0.25, -0.2) is 9.78 Å². The SMILES string of the molecule is CCC[C@@H](NC(=O)N1CCNC(=O)CC1)c1nccn1C. The zero-order chi connectivity index (χ0) is 15.2. The van der Waals surface area contributed by atoms with E-state index in [1.54, 1.807) is 11.1 Å². The van der Waals surface area contributed by atoms with Crippen molar-refractivity contribution in [2.24, 2.45) is 7.05 Å². The molecule has 0 aromatic carbocycles. The van der Waals surface area contributed by atoms with E-state index >= 15 is 0 Å². The third-order valence-corrected chi connectivity index (χ3v) is 3.65. The van der Waals surface area contributed by atoms with Crippen molar-refractivity contribution in [2.45, 2.75) is 32.2 Å². The monoisotopic (exact) mass is 293 g/mol. The number of nitrogens with zero attached hydrogens (tertiary/aromatic N) is 3. The van der Waals surface area contributed by atoms with Crippen LogP contribution < -0.4 is 10.6 Å². The Hall–Kier alpha value is -2.05. The number of amides is 3. The van der Waals surface area contributed by atoms with Gasteiger partial charge in [0.05, 0.1) is 6.04 Å². The zero-order valence-corrected chi connectivity index (χ0v) is 12.6. The smallest absolute Gasteiger partial charge is 0.318 e. The number of carbonyl (C=O) groups excluding carboxylic acids is 2. The molecule has 0 aliphatic carbocycles. The standard InChI is InChI=1S/C14H23N5O2/c1-3-4-11(13-16-6-9-18(13)2)17-14(21)19-8-5-12(20)15-7-10-19/h6,9,11H,3-5,7-8,10H2,1-2H3,(H,15,20)(H,17,21)/t11-/m1/s1. The Morgan fingerprint density at radius 2 is 2.33 bits per heavy atom. The predicted molar refractivity (Wildman–Crippen MR) is 78.6 cm³/mol. The molecule has 21 heavy (non-hydrogen) atoms. The van der Waals surface area contributed by atoms with Gasteiger partial charge in [0.1, 0.15) is 5.82 Å². The van der Waals surface area contributed by atoms with E-state index in [0.29, 0.717) is 26.1 Å². The van der Waals surface area contributed by atoms with Gasteiger partial charge in [-0.2, -0.15) is 0 Å². The van der Waals surface area contributed by atoms with Crippen LogP contribution in [0.25, 0.3) is 0 Å². The van der Waals surface area contributed by atoms with Crippen LogP contribution in [0.2, 0.25) is 0 Å². The van der Waals surface area contributed by atoms with Crippen molar-refractivity contribution in [2.75, 3.05) is 19.6 Å². The maximum atomic E-state index is 12.4. The number of rotatable bonds is 4. The maximum Gasteiger partial charge on any atom is 0.318 e. The van der Waals surface area contributed by atoms with E-state index in [0.717, 1.165) is 18.7 Å². The number of carbonyl (C=O) groups is 2. The molecule has 2 rings (SSSR count). The average molecular weight is 293 g/mol. The van der Waals surface area contributed by atoms with Crippen molar-refractivity contribution in [3.05, 3.63) is 18.2 Å². The molecule has 116 valence electrons. The minimum absolute atomic E-state index is 0.000454. The van der Waals surface area contributed by atoms with Crippen molar-refractivity contribution in [3.8, 4) is 0 Å². The molecule has 0 saturated carbocycles. The summed E-state index contributed by atoms with van der Waals surface area (Å²) in [5, 5.41) is 5.81. The molecule has 7 heteroatoms. The fraction of sp³-hybridized carbons (Fsp3) is 0.643. The summed E-state index contributed by atoms with van der Waals surface area (Å²) in [6.07, 6.45) is 5.76. The Morgan fingerprint density at radius 3 is 3.00 bits per heavy atom. The molecule has 0 unspecified atom stereocenters. The Bertz CT molecular complexity index is 499. The summed E-state index contributed by atoms with van der Waals surface area (Å²) >= 11 is 0. The lowest BCUT2D eigenvalue weighted by molar-refractivity contribution is -0.120. The van der Waals surface area contributed by atoms with Crippen molar-refractivity contribution in [1.82, 2.24) is 25.1 Å². The summed E-state index contributed by atoms with van der Waals surface area (Å²) in [6, 6.07) is -0.234. The molecule has 1 saturated heterocycles. The quantitative estimate of drug-likeness (QED) is 0.861. The second kappa shape index (κ2) is 7.10. The summed E-state index contributed by atoms with van der Waals surface area (Å²) in [6.45, 7) is 3.58. The van der Waals surface area contributed by atoms with E-state index in [4.69, 9.17) is 0 Å². The Labute approximate surface area is 124 Å². The van der Waals surface area contributed by atoms with E-state index in [1.807, 2.05) is 17.8 Å². The van der Waals surface area contributed by atoms with Gasteiger partial charge in [-0.3, -0.25) is 4.79 Å². The van der Waals surface area contributed by atoms with Gasteiger partial charge in [0.25, 0.3) is 0 Å². The van der Waals surface area contributed by atoms with Crippen molar-refractivity contribution < 1.29 is 9.59 Å². The fourth-order valence-corrected chi connectivity index (χ4v) is 2.48. The highest BCUT2D eigenvalue weighted by atomic mass is 16.2. The molecule has 1 aromatic heterocycles. The van der Waals surface area contributed by atoms with Crippen LogP contribution in [0.1, 0.15) is 38.1 Å². The lowest BCUT2D eigenvalue weighted by Gasteiger charge is -2.24. The van der Waals surface area contributed by atoms with Crippen LogP contribution in [0.15, 0.2) is 12.4 Å². The van der Waals surface area contributed by atoms with Gasteiger partial charge in [0, 0.05) is 45.5 Å². The van der Waals surface area contributed by atoms with Crippen molar-refractivity contribution >= 4 is 11.9 Å². The Balaban J connectivity index is 2.01. The molecule has 0 bridgehead atoms. The number of hydrogen-bond donors (Lipinski definition) is 2. The Morgan fingerprint density at radius 1 is 1.52 bits per heavy atom. The first kappa shape index (κ1) is 15.3. The molecule has 7 nitrogen and oxygen atoms in total. The molecule has 0 spiro atoms. The van der Waals surface area contributed by atoms with Crippen LogP contribution in [-0.4, -0.2) is 46.0 Å². The number of hydrogen-bond acceptors (Lipinski definition) is 3. The van der Waals surface area contributed by atoms with Gasteiger partial charge in [-0.05, 0) is 6.42 Å². The third kappa shape index (κ3) is 3.96. The molecule has 2 N–H and O–H groups in total. The maximum absolute atomic E-state index is 12.4. The van der Waals surface area contributed by atoms with Gasteiger partial charge < -0.3 is 20.1 Å². The number of aryl methyl sites for hydroxylation is 1. The minimum Gasteiger partial charge on any atom is -0.354 e. The van der Waals surface area contributed by atoms with Crippen molar-refractivity contribution in [3.63, 3.8) is 0 Å². The van der Waals surface area contributed by atoms with Gasteiger partial charge in [0.2, 0.25) is 5.91 Å². The van der Waals surface area contributed by atoms with Crippen LogP contribution in [0.5, 0.6) is 0 Å². The third-order valence-electron chi connectivity index (χ3n) is 3.65. The molecule has 1 aliphatic rings. The van der Waals surface area contributed by atoms with E-state index in [-0.39, 0.29) is 18.0 Å². The van der Waals surface area contributed by atoms with Gasteiger partial charge >= 0.3 is 6.03 Å². The van der Waals surface area contributed by atoms with Crippen LogP contribution in [-0.2, 0) is 11.8 Å². The summed E-state index contributed by atoms with van der Waals surface area (Å²) in [5.74, 6) is 0.855. The molecule has 1 atom stereocenters. The second-order valence-electron chi connectivity index (χ2n) is 5.27. The lowest BCUT2D eigenvalue weighted by Crippen LogP contribution is -2.43. The topological polar surface area (TPSA) is 79.3 Å². The predicted octanol–water partition coefficient (Wildman–Crippen LogP) is 0.793. The Kier molecular flexibility index (Phi) is 5.19. The number of nitrogens with one attached hydrogen (secondary N) is 2. The summed E-state index contributed by atoms with van der Waals surface area (Å²) in [7, 11) is 1.92. The number of imidazole rings is 1. The van der Waals surface area contributed by atoms with E-state index in [9.17, 15) is 9.59 Å². The number of aromatic nitrogens is 2. The minimum atomic E-state index is -0.132. The van der Waals surface area contributed by atoms with E-state index < -0.39 is 0 Å². The molecule has 3 amide bonds.